The van der Waals surface area contributed by atoms with E-state index in [-0.39, 0.29) is 24.2 Å². The third kappa shape index (κ3) is 1.76. The number of nitrogens with zero attached hydrogens (tertiary/aromatic N) is 2. The number of nitro groups is 1. The van der Waals surface area contributed by atoms with Crippen molar-refractivity contribution in [1.82, 2.24) is 10.2 Å². The van der Waals surface area contributed by atoms with Crippen LogP contribution in [0.2, 0.25) is 0 Å². The summed E-state index contributed by atoms with van der Waals surface area (Å²) >= 11 is 0. The van der Waals surface area contributed by atoms with Crippen molar-refractivity contribution >= 4 is 17.8 Å². The van der Waals surface area contributed by atoms with Crippen LogP contribution in [0.1, 0.15) is 24.3 Å². The van der Waals surface area contributed by atoms with Gasteiger partial charge in [0.1, 0.15) is 0 Å². The molecule has 0 spiro atoms. The van der Waals surface area contributed by atoms with E-state index in [0.717, 1.165) is 0 Å². The highest BCUT2D eigenvalue weighted by Crippen LogP contribution is 2.32. The molecule has 1 fully saturated rings. The Morgan fingerprint density at radius 3 is 2.62 bits per heavy atom. The molecule has 2 heterocycles. The number of aromatic amines is 1. The first-order chi connectivity index (χ1) is 7.58. The molecule has 1 aromatic heterocycles. The van der Waals surface area contributed by atoms with Gasteiger partial charge in [0.15, 0.2) is 0 Å². The summed E-state index contributed by atoms with van der Waals surface area (Å²) in [6, 6.07) is 0. The van der Waals surface area contributed by atoms with Gasteiger partial charge in [-0.15, -0.1) is 5.10 Å². The van der Waals surface area contributed by atoms with Crippen LogP contribution in [-0.2, 0) is 14.3 Å². The predicted octanol–water partition coefficient (Wildman–Crippen LogP) is 0.265. The van der Waals surface area contributed by atoms with Gasteiger partial charge in [0.05, 0.1) is 24.6 Å². The highest BCUT2D eigenvalue weighted by Gasteiger charge is 2.33. The average Bonchev–Trinajstić information content (AvgIpc) is 2.63. The molecule has 1 aliphatic heterocycles. The molecule has 8 heteroatoms. The number of hydrogen-bond donors (Lipinski definition) is 1. The van der Waals surface area contributed by atoms with Crippen molar-refractivity contribution in [2.75, 3.05) is 0 Å². The third-order valence-corrected chi connectivity index (χ3v) is 2.32. The number of aromatic nitrogens is 2. The van der Waals surface area contributed by atoms with Crippen LogP contribution in [0.15, 0.2) is 6.20 Å². The SMILES string of the molecule is O=C1CC(c2cn[nH]c2[N+](=O)[O-])CC(=O)O1. The van der Waals surface area contributed by atoms with E-state index in [4.69, 9.17) is 0 Å². The molecule has 0 aromatic carbocycles. The van der Waals surface area contributed by atoms with Gasteiger partial charge in [-0.05, 0) is 4.92 Å². The van der Waals surface area contributed by atoms with Crippen molar-refractivity contribution < 1.29 is 19.2 Å². The van der Waals surface area contributed by atoms with E-state index in [0.29, 0.717) is 0 Å². The average molecular weight is 225 g/mol. The van der Waals surface area contributed by atoms with E-state index in [2.05, 4.69) is 14.9 Å². The van der Waals surface area contributed by atoms with Gasteiger partial charge in [-0.1, -0.05) is 5.10 Å². The lowest BCUT2D eigenvalue weighted by Crippen LogP contribution is -2.24. The van der Waals surface area contributed by atoms with Crippen LogP contribution < -0.4 is 0 Å². The number of H-pyrrole nitrogens is 1. The molecule has 0 saturated carbocycles. The van der Waals surface area contributed by atoms with Crippen molar-refractivity contribution in [1.29, 1.82) is 0 Å². The van der Waals surface area contributed by atoms with E-state index in [9.17, 15) is 19.7 Å². The van der Waals surface area contributed by atoms with Crippen LogP contribution in [0, 0.1) is 10.1 Å². The molecule has 0 aliphatic carbocycles. The largest absolute Gasteiger partial charge is 0.393 e. The van der Waals surface area contributed by atoms with Crippen LogP contribution in [-0.4, -0.2) is 27.1 Å². The van der Waals surface area contributed by atoms with Crippen molar-refractivity contribution in [2.24, 2.45) is 0 Å². The molecule has 8 nitrogen and oxygen atoms in total. The van der Waals surface area contributed by atoms with Crippen molar-refractivity contribution in [3.8, 4) is 0 Å². The highest BCUT2D eigenvalue weighted by atomic mass is 16.6. The molecular weight excluding hydrogens is 218 g/mol. The van der Waals surface area contributed by atoms with E-state index >= 15 is 0 Å². The number of carbonyl (C=O) groups excluding carboxylic acids is 2. The maximum Gasteiger partial charge on any atom is 0.346 e. The first-order valence-corrected chi connectivity index (χ1v) is 4.49. The Morgan fingerprint density at radius 1 is 1.44 bits per heavy atom. The minimum Gasteiger partial charge on any atom is -0.393 e. The van der Waals surface area contributed by atoms with Gasteiger partial charge in [0, 0.05) is 5.92 Å². The lowest BCUT2D eigenvalue weighted by molar-refractivity contribution is -0.390. The van der Waals surface area contributed by atoms with E-state index < -0.39 is 22.8 Å². The first kappa shape index (κ1) is 10.3. The molecule has 2 rings (SSSR count). The summed E-state index contributed by atoms with van der Waals surface area (Å²) < 4.78 is 4.34. The Labute approximate surface area is 88.7 Å². The number of hydrogen-bond acceptors (Lipinski definition) is 6. The van der Waals surface area contributed by atoms with Crippen LogP contribution in [0.5, 0.6) is 0 Å². The normalized spacial score (nSPS) is 17.2. The molecule has 0 bridgehead atoms. The van der Waals surface area contributed by atoms with E-state index in [1.165, 1.54) is 6.20 Å². The lowest BCUT2D eigenvalue weighted by Gasteiger charge is -2.17. The summed E-state index contributed by atoms with van der Waals surface area (Å²) in [6.45, 7) is 0. The summed E-state index contributed by atoms with van der Waals surface area (Å²) in [5, 5.41) is 16.4. The monoisotopic (exact) mass is 225 g/mol. The third-order valence-electron chi connectivity index (χ3n) is 2.32. The lowest BCUT2D eigenvalue weighted by atomic mass is 9.93. The maximum atomic E-state index is 11.0. The van der Waals surface area contributed by atoms with Gasteiger partial charge >= 0.3 is 17.8 Å². The number of esters is 2. The van der Waals surface area contributed by atoms with Gasteiger partial charge in [-0.3, -0.25) is 9.59 Å². The number of ether oxygens (including phenoxy) is 1. The smallest absolute Gasteiger partial charge is 0.346 e. The zero-order valence-corrected chi connectivity index (χ0v) is 8.00. The number of cyclic esters (lactones) is 2. The van der Waals surface area contributed by atoms with E-state index in [1.807, 2.05) is 0 Å². The van der Waals surface area contributed by atoms with Gasteiger partial charge in [-0.25, -0.2) is 0 Å². The zero-order valence-electron chi connectivity index (χ0n) is 8.00. The number of carbonyl (C=O) groups is 2. The fraction of sp³-hybridized carbons (Fsp3) is 0.375. The summed E-state index contributed by atoms with van der Waals surface area (Å²) in [5.41, 5.74) is 0.259. The first-order valence-electron chi connectivity index (χ1n) is 4.49. The molecule has 1 N–H and O–H groups in total. The fourth-order valence-corrected chi connectivity index (χ4v) is 1.64. The topological polar surface area (TPSA) is 115 Å². The molecular formula is C8H7N3O5. The molecule has 1 aliphatic rings. The van der Waals surface area contributed by atoms with Crippen LogP contribution in [0.3, 0.4) is 0 Å². The Bertz CT molecular complexity index is 450. The molecule has 1 aromatic rings. The molecule has 0 amide bonds. The second-order valence-corrected chi connectivity index (χ2v) is 3.38. The van der Waals surface area contributed by atoms with Crippen LogP contribution >= 0.6 is 0 Å². The summed E-state index contributed by atoms with van der Waals surface area (Å²) in [7, 11) is 0. The number of rotatable bonds is 2. The Hall–Kier alpha value is -2.25. The summed E-state index contributed by atoms with van der Waals surface area (Å²) in [5.74, 6) is -2.16. The Kier molecular flexibility index (Phi) is 2.39. The summed E-state index contributed by atoms with van der Waals surface area (Å²) in [6.07, 6.45) is 1.16. The van der Waals surface area contributed by atoms with E-state index in [1.54, 1.807) is 0 Å². The second kappa shape index (κ2) is 3.72. The second-order valence-electron chi connectivity index (χ2n) is 3.38. The van der Waals surface area contributed by atoms with Gasteiger partial charge < -0.3 is 14.9 Å². The zero-order chi connectivity index (χ0) is 11.7. The fourth-order valence-electron chi connectivity index (χ4n) is 1.64. The van der Waals surface area contributed by atoms with Crippen molar-refractivity contribution in [3.63, 3.8) is 0 Å². The molecule has 0 radical (unpaired) electrons. The Morgan fingerprint density at radius 2 is 2.06 bits per heavy atom. The Balaban J connectivity index is 2.29. The maximum absolute atomic E-state index is 11.0. The van der Waals surface area contributed by atoms with Gasteiger partial charge in [0.25, 0.3) is 0 Å². The van der Waals surface area contributed by atoms with Crippen molar-refractivity contribution in [3.05, 3.63) is 21.9 Å². The molecule has 16 heavy (non-hydrogen) atoms. The molecule has 0 atom stereocenters. The minimum absolute atomic E-state index is 0.0495. The van der Waals surface area contributed by atoms with Crippen molar-refractivity contribution in [2.45, 2.75) is 18.8 Å². The van der Waals surface area contributed by atoms with Gasteiger partial charge in [-0.2, -0.15) is 0 Å². The van der Waals surface area contributed by atoms with Gasteiger partial charge in [0.2, 0.25) is 0 Å². The quantitative estimate of drug-likeness (QED) is 0.334. The standard InChI is InChI=1S/C8H7N3O5/c12-6-1-4(2-7(13)16-6)5-3-9-10-8(5)11(14)15/h3-4H,1-2H2,(H,9,10). The molecule has 0 unspecified atom stereocenters. The minimum atomic E-state index is -0.670. The molecule has 1 saturated heterocycles. The highest BCUT2D eigenvalue weighted by molar-refractivity contribution is 5.89. The van der Waals surface area contributed by atoms with Crippen LogP contribution in [0.25, 0.3) is 0 Å². The van der Waals surface area contributed by atoms with Crippen LogP contribution in [0.4, 0.5) is 5.82 Å². The predicted molar refractivity (Wildman–Crippen MR) is 48.3 cm³/mol. The molecule has 84 valence electrons. The number of nitrogens with one attached hydrogen (secondary N) is 1. The summed E-state index contributed by atoms with van der Waals surface area (Å²) in [4.78, 5) is 32.0.